The molecule has 0 unspecified atom stereocenters. The van der Waals surface area contributed by atoms with Gasteiger partial charge in [0.05, 0.1) is 7.11 Å². The zero-order valence-electron chi connectivity index (χ0n) is 13.0. The maximum Gasteiger partial charge on any atom is 0.318 e. The van der Waals surface area contributed by atoms with Crippen molar-refractivity contribution >= 4 is 11.7 Å². The Balaban J connectivity index is 2.01. The molecule has 0 aromatic heterocycles. The number of ether oxygens (including phenoxy) is 2. The van der Waals surface area contributed by atoms with Gasteiger partial charge in [-0.05, 0) is 48.4 Å². The van der Waals surface area contributed by atoms with E-state index in [1.54, 1.807) is 38.4 Å². The number of anilines is 1. The molecule has 116 valence electrons. The molecular formula is C17H20N2O3. The second-order valence-corrected chi connectivity index (χ2v) is 4.98. The maximum absolute atomic E-state index is 11.1. The number of rotatable bonds is 5. The van der Waals surface area contributed by atoms with E-state index in [9.17, 15) is 4.79 Å². The maximum atomic E-state index is 11.1. The molecule has 2 aromatic carbocycles. The third-order valence-corrected chi connectivity index (χ3v) is 3.43. The average Bonchev–Trinajstić information content (AvgIpc) is 2.53. The van der Waals surface area contributed by atoms with Gasteiger partial charge in [-0.15, -0.1) is 0 Å². The van der Waals surface area contributed by atoms with Crippen LogP contribution in [0.3, 0.4) is 0 Å². The predicted octanol–water partition coefficient (Wildman–Crippen LogP) is 3.10. The van der Waals surface area contributed by atoms with Gasteiger partial charge < -0.3 is 15.2 Å². The van der Waals surface area contributed by atoms with E-state index in [-0.39, 0.29) is 0 Å². The molecular weight excluding hydrogens is 280 g/mol. The summed E-state index contributed by atoms with van der Waals surface area (Å²) in [5.41, 5.74) is 8.06. The van der Waals surface area contributed by atoms with Crippen molar-refractivity contribution in [3.8, 4) is 11.5 Å². The summed E-state index contributed by atoms with van der Waals surface area (Å²) < 4.78 is 11.0. The van der Waals surface area contributed by atoms with Gasteiger partial charge in [-0.3, -0.25) is 4.90 Å². The summed E-state index contributed by atoms with van der Waals surface area (Å²) in [6, 6.07) is 12.7. The largest absolute Gasteiger partial charge is 0.496 e. The third-order valence-electron chi connectivity index (χ3n) is 3.43. The van der Waals surface area contributed by atoms with E-state index < -0.39 is 6.03 Å². The molecule has 0 spiro atoms. The standard InChI is InChI=1S/C17H20N2O3/c1-12-4-5-13(10-16(12)21-3)11-22-15-8-6-14(7-9-15)19(2)17(18)20/h4-10H,11H2,1-3H3,(H2,18,20). The van der Waals surface area contributed by atoms with E-state index in [4.69, 9.17) is 15.2 Å². The molecule has 5 nitrogen and oxygen atoms in total. The Morgan fingerprint density at radius 2 is 1.86 bits per heavy atom. The fourth-order valence-corrected chi connectivity index (χ4v) is 2.01. The number of hydrogen-bond donors (Lipinski definition) is 1. The van der Waals surface area contributed by atoms with Crippen LogP contribution in [0.1, 0.15) is 11.1 Å². The van der Waals surface area contributed by atoms with E-state index in [0.717, 1.165) is 28.3 Å². The normalized spacial score (nSPS) is 10.1. The summed E-state index contributed by atoms with van der Waals surface area (Å²) in [5, 5.41) is 0. The Kier molecular flexibility index (Phi) is 4.88. The molecule has 0 fully saturated rings. The van der Waals surface area contributed by atoms with Crippen molar-refractivity contribution in [2.75, 3.05) is 19.1 Å². The Morgan fingerprint density at radius 1 is 1.18 bits per heavy atom. The molecule has 0 heterocycles. The highest BCUT2D eigenvalue weighted by atomic mass is 16.5. The molecule has 0 saturated carbocycles. The number of urea groups is 1. The molecule has 0 bridgehead atoms. The minimum Gasteiger partial charge on any atom is -0.496 e. The second kappa shape index (κ2) is 6.85. The van der Waals surface area contributed by atoms with Gasteiger partial charge >= 0.3 is 6.03 Å². The van der Waals surface area contributed by atoms with Gasteiger partial charge in [0.2, 0.25) is 0 Å². The minimum absolute atomic E-state index is 0.446. The lowest BCUT2D eigenvalue weighted by Gasteiger charge is -2.15. The molecule has 2 N–H and O–H groups in total. The first kappa shape index (κ1) is 15.7. The molecule has 0 aliphatic carbocycles. The highest BCUT2D eigenvalue weighted by Gasteiger charge is 2.06. The van der Waals surface area contributed by atoms with Gasteiger partial charge in [-0.25, -0.2) is 4.79 Å². The second-order valence-electron chi connectivity index (χ2n) is 4.98. The van der Waals surface area contributed by atoms with E-state index in [2.05, 4.69) is 0 Å². The van der Waals surface area contributed by atoms with Gasteiger partial charge in [0.25, 0.3) is 0 Å². The Hall–Kier alpha value is -2.69. The van der Waals surface area contributed by atoms with Gasteiger partial charge in [-0.2, -0.15) is 0 Å². The summed E-state index contributed by atoms with van der Waals surface area (Å²) in [5.74, 6) is 1.57. The molecule has 2 amide bonds. The fourth-order valence-electron chi connectivity index (χ4n) is 2.01. The van der Waals surface area contributed by atoms with Crippen molar-refractivity contribution in [1.29, 1.82) is 0 Å². The minimum atomic E-state index is -0.500. The quantitative estimate of drug-likeness (QED) is 0.922. The van der Waals surface area contributed by atoms with Crippen molar-refractivity contribution < 1.29 is 14.3 Å². The highest BCUT2D eigenvalue weighted by Crippen LogP contribution is 2.22. The number of nitrogens with two attached hydrogens (primary N) is 1. The van der Waals surface area contributed by atoms with E-state index >= 15 is 0 Å². The SMILES string of the molecule is COc1cc(COc2ccc(N(C)C(N)=O)cc2)ccc1C. The van der Waals surface area contributed by atoms with Crippen molar-refractivity contribution in [2.45, 2.75) is 13.5 Å². The number of carbonyl (C=O) groups excluding carboxylic acids is 1. The number of nitrogens with zero attached hydrogens (tertiary/aromatic N) is 1. The lowest BCUT2D eigenvalue weighted by molar-refractivity contribution is 0.255. The molecule has 0 saturated heterocycles. The molecule has 0 aliphatic rings. The number of hydrogen-bond acceptors (Lipinski definition) is 3. The average molecular weight is 300 g/mol. The fraction of sp³-hybridized carbons (Fsp3) is 0.235. The molecule has 2 aromatic rings. The van der Waals surface area contributed by atoms with Crippen molar-refractivity contribution in [1.82, 2.24) is 0 Å². The molecule has 5 heteroatoms. The van der Waals surface area contributed by atoms with Crippen molar-refractivity contribution in [2.24, 2.45) is 5.73 Å². The van der Waals surface area contributed by atoms with Crippen LogP contribution in [0.2, 0.25) is 0 Å². The molecule has 0 radical (unpaired) electrons. The zero-order valence-corrected chi connectivity index (χ0v) is 13.0. The number of primary amides is 1. The molecule has 2 rings (SSSR count). The predicted molar refractivity (Wildman–Crippen MR) is 86.5 cm³/mol. The van der Waals surface area contributed by atoms with Crippen LogP contribution in [0, 0.1) is 6.92 Å². The van der Waals surface area contributed by atoms with Gasteiger partial charge in [0.1, 0.15) is 18.1 Å². The Bertz CT molecular complexity index is 653. The summed E-state index contributed by atoms with van der Waals surface area (Å²) in [6.07, 6.45) is 0. The number of methoxy groups -OCH3 is 1. The number of amides is 2. The van der Waals surface area contributed by atoms with E-state index in [0.29, 0.717) is 6.61 Å². The topological polar surface area (TPSA) is 64.8 Å². The Morgan fingerprint density at radius 3 is 2.45 bits per heavy atom. The van der Waals surface area contributed by atoms with Crippen LogP contribution in [-0.2, 0) is 6.61 Å². The van der Waals surface area contributed by atoms with Crippen LogP contribution in [0.5, 0.6) is 11.5 Å². The first-order valence-electron chi connectivity index (χ1n) is 6.91. The van der Waals surface area contributed by atoms with Crippen LogP contribution < -0.4 is 20.1 Å². The third kappa shape index (κ3) is 3.69. The molecule has 0 aliphatic heterocycles. The number of aryl methyl sites for hydroxylation is 1. The van der Waals surface area contributed by atoms with Crippen molar-refractivity contribution in [3.63, 3.8) is 0 Å². The van der Waals surface area contributed by atoms with Gasteiger partial charge in [-0.1, -0.05) is 12.1 Å². The van der Waals surface area contributed by atoms with Crippen LogP contribution in [0.25, 0.3) is 0 Å². The number of carbonyl (C=O) groups is 1. The first-order chi connectivity index (χ1) is 10.5. The highest BCUT2D eigenvalue weighted by molar-refractivity contribution is 5.90. The van der Waals surface area contributed by atoms with Crippen LogP contribution in [0.4, 0.5) is 10.5 Å². The van der Waals surface area contributed by atoms with Gasteiger partial charge in [0, 0.05) is 12.7 Å². The summed E-state index contributed by atoms with van der Waals surface area (Å²) in [7, 11) is 3.28. The summed E-state index contributed by atoms with van der Waals surface area (Å²) in [4.78, 5) is 12.5. The van der Waals surface area contributed by atoms with Gasteiger partial charge in [0.15, 0.2) is 0 Å². The van der Waals surface area contributed by atoms with E-state index in [1.807, 2.05) is 25.1 Å². The lowest BCUT2D eigenvalue weighted by Crippen LogP contribution is -2.31. The monoisotopic (exact) mass is 300 g/mol. The summed E-state index contributed by atoms with van der Waals surface area (Å²) in [6.45, 7) is 2.44. The number of benzene rings is 2. The lowest BCUT2D eigenvalue weighted by atomic mass is 10.1. The Labute approximate surface area is 130 Å². The smallest absolute Gasteiger partial charge is 0.318 e. The summed E-state index contributed by atoms with van der Waals surface area (Å²) >= 11 is 0. The first-order valence-corrected chi connectivity index (χ1v) is 6.91. The van der Waals surface area contributed by atoms with Crippen molar-refractivity contribution in [3.05, 3.63) is 53.6 Å². The van der Waals surface area contributed by atoms with Crippen LogP contribution in [0.15, 0.2) is 42.5 Å². The zero-order chi connectivity index (χ0) is 16.1. The van der Waals surface area contributed by atoms with Crippen LogP contribution >= 0.6 is 0 Å². The van der Waals surface area contributed by atoms with Crippen LogP contribution in [-0.4, -0.2) is 20.2 Å². The van der Waals surface area contributed by atoms with E-state index in [1.165, 1.54) is 4.90 Å². The molecule has 0 atom stereocenters. The molecule has 22 heavy (non-hydrogen) atoms.